The first-order valence-electron chi connectivity index (χ1n) is 8.58. The van der Waals surface area contributed by atoms with Gasteiger partial charge in [0.1, 0.15) is 6.04 Å². The number of rotatable bonds is 4. The molecule has 1 aromatic heterocycles. The minimum Gasteiger partial charge on any atom is -0.480 e. The van der Waals surface area contributed by atoms with Crippen LogP contribution < -0.4 is 0 Å². The summed E-state index contributed by atoms with van der Waals surface area (Å²) in [6.45, 7) is 6.56. The molecule has 132 valence electrons. The zero-order chi connectivity index (χ0) is 17.3. The second-order valence-electron chi connectivity index (χ2n) is 7.06. The Balaban J connectivity index is 1.70. The van der Waals surface area contributed by atoms with Crippen molar-refractivity contribution in [2.24, 2.45) is 5.41 Å². The average Bonchev–Trinajstić information content (AvgIpc) is 3.13. The first-order chi connectivity index (χ1) is 11.4. The number of hydrogen-bond acceptors (Lipinski definition) is 5. The second kappa shape index (κ2) is 6.80. The van der Waals surface area contributed by atoms with Crippen LogP contribution in [0.15, 0.2) is 5.38 Å². The van der Waals surface area contributed by atoms with Gasteiger partial charge in [-0.3, -0.25) is 14.5 Å². The Morgan fingerprint density at radius 3 is 2.67 bits per heavy atom. The first kappa shape index (κ1) is 17.4. The van der Waals surface area contributed by atoms with E-state index in [0.29, 0.717) is 13.0 Å². The summed E-state index contributed by atoms with van der Waals surface area (Å²) in [6, 6.07) is -0.444. The van der Waals surface area contributed by atoms with Crippen LogP contribution in [-0.2, 0) is 22.6 Å². The molecular weight excluding hydrogens is 326 g/mol. The lowest BCUT2D eigenvalue weighted by molar-refractivity contribution is -0.142. The Morgan fingerprint density at radius 1 is 1.42 bits per heavy atom. The summed E-state index contributed by atoms with van der Waals surface area (Å²) in [5.41, 5.74) is 1.000. The number of carboxylic acids is 1. The third-order valence-corrected chi connectivity index (χ3v) is 6.47. The van der Waals surface area contributed by atoms with Gasteiger partial charge in [0, 0.05) is 38.5 Å². The molecule has 2 saturated heterocycles. The second-order valence-corrected chi connectivity index (χ2v) is 8.00. The molecule has 0 radical (unpaired) electrons. The summed E-state index contributed by atoms with van der Waals surface area (Å²) >= 11 is 1.64. The highest BCUT2D eigenvalue weighted by Gasteiger charge is 2.48. The molecule has 7 heteroatoms. The van der Waals surface area contributed by atoms with E-state index in [2.05, 4.69) is 16.8 Å². The van der Waals surface area contributed by atoms with Gasteiger partial charge < -0.3 is 10.0 Å². The van der Waals surface area contributed by atoms with E-state index in [0.717, 1.165) is 49.6 Å². The van der Waals surface area contributed by atoms with Crippen molar-refractivity contribution >= 4 is 23.2 Å². The van der Waals surface area contributed by atoms with Crippen molar-refractivity contribution in [2.75, 3.05) is 19.6 Å². The highest BCUT2D eigenvalue weighted by atomic mass is 32.1. The quantitative estimate of drug-likeness (QED) is 0.898. The number of hydrogen-bond donors (Lipinski definition) is 1. The summed E-state index contributed by atoms with van der Waals surface area (Å²) in [5, 5.41) is 12.8. The number of aromatic nitrogens is 1. The molecular formula is C17H25N3O3S. The van der Waals surface area contributed by atoms with Gasteiger partial charge in [-0.1, -0.05) is 6.92 Å². The van der Waals surface area contributed by atoms with Crippen molar-refractivity contribution in [3.8, 4) is 0 Å². The molecule has 6 nitrogen and oxygen atoms in total. The Hall–Kier alpha value is -1.47. The average molecular weight is 351 g/mol. The predicted molar refractivity (Wildman–Crippen MR) is 91.9 cm³/mol. The van der Waals surface area contributed by atoms with Gasteiger partial charge in [0.05, 0.1) is 10.7 Å². The van der Waals surface area contributed by atoms with Gasteiger partial charge in [-0.05, 0) is 31.1 Å². The number of thiazole rings is 1. The van der Waals surface area contributed by atoms with Crippen LogP contribution in [0.1, 0.15) is 43.8 Å². The number of piperidine rings is 1. The summed E-state index contributed by atoms with van der Waals surface area (Å²) in [7, 11) is 0. The van der Waals surface area contributed by atoms with E-state index in [1.165, 1.54) is 0 Å². The van der Waals surface area contributed by atoms with E-state index < -0.39 is 12.0 Å². The summed E-state index contributed by atoms with van der Waals surface area (Å²) in [4.78, 5) is 31.8. The first-order valence-corrected chi connectivity index (χ1v) is 9.46. The zero-order valence-electron chi connectivity index (χ0n) is 14.3. The van der Waals surface area contributed by atoms with Crippen molar-refractivity contribution in [1.82, 2.24) is 14.8 Å². The molecule has 1 amide bonds. The third kappa shape index (κ3) is 3.47. The van der Waals surface area contributed by atoms with Crippen LogP contribution in [0.3, 0.4) is 0 Å². The van der Waals surface area contributed by atoms with E-state index in [1.807, 2.05) is 10.3 Å². The molecule has 0 aromatic carbocycles. The molecule has 2 aliphatic heterocycles. The van der Waals surface area contributed by atoms with E-state index in [-0.39, 0.29) is 11.3 Å². The van der Waals surface area contributed by atoms with Gasteiger partial charge in [-0.2, -0.15) is 0 Å². The van der Waals surface area contributed by atoms with Crippen molar-refractivity contribution < 1.29 is 14.7 Å². The van der Waals surface area contributed by atoms with Gasteiger partial charge >= 0.3 is 5.97 Å². The summed E-state index contributed by atoms with van der Waals surface area (Å²) in [6.07, 6.45) is 3.38. The maximum absolute atomic E-state index is 11.7. The topological polar surface area (TPSA) is 73.7 Å². The Morgan fingerprint density at radius 2 is 2.12 bits per heavy atom. The molecule has 1 spiro atoms. The molecule has 2 fully saturated rings. The largest absolute Gasteiger partial charge is 0.480 e. The molecule has 2 aliphatic rings. The van der Waals surface area contributed by atoms with E-state index in [9.17, 15) is 14.7 Å². The zero-order valence-corrected chi connectivity index (χ0v) is 15.1. The molecule has 1 N–H and O–H groups in total. The lowest BCUT2D eigenvalue weighted by Gasteiger charge is -2.39. The van der Waals surface area contributed by atoms with Gasteiger partial charge in [0.15, 0.2) is 0 Å². The van der Waals surface area contributed by atoms with E-state index in [1.54, 1.807) is 18.3 Å². The summed E-state index contributed by atoms with van der Waals surface area (Å²) < 4.78 is 0. The van der Waals surface area contributed by atoms with Crippen molar-refractivity contribution in [2.45, 2.75) is 52.1 Å². The lowest BCUT2D eigenvalue weighted by Crippen LogP contribution is -2.43. The smallest absolute Gasteiger partial charge is 0.320 e. The Kier molecular flexibility index (Phi) is 4.92. The SMILES string of the molecule is CCc1nc(CN2CC3(CCN(C(C)=O)CC3)CC2C(=O)O)cs1. The number of likely N-dealkylation sites (tertiary alicyclic amines) is 2. The number of aryl methyl sites for hydroxylation is 1. The van der Waals surface area contributed by atoms with Crippen LogP contribution in [0.25, 0.3) is 0 Å². The normalized spacial score (nSPS) is 23.8. The molecule has 3 heterocycles. The highest BCUT2D eigenvalue weighted by Crippen LogP contribution is 2.44. The van der Waals surface area contributed by atoms with Gasteiger partial charge in [-0.25, -0.2) is 4.98 Å². The molecule has 1 unspecified atom stereocenters. The Bertz CT molecular complexity index is 622. The standard InChI is InChI=1S/C17H25N3O3S/c1-3-15-18-13(10-24-15)9-20-11-17(8-14(20)16(22)23)4-6-19(7-5-17)12(2)21/h10,14H,3-9,11H2,1-2H3,(H,22,23). The molecule has 24 heavy (non-hydrogen) atoms. The van der Waals surface area contributed by atoms with Gasteiger partial charge in [0.2, 0.25) is 5.91 Å². The van der Waals surface area contributed by atoms with E-state index in [4.69, 9.17) is 0 Å². The maximum atomic E-state index is 11.7. The fourth-order valence-corrected chi connectivity index (χ4v) is 4.74. The molecule has 0 saturated carbocycles. The van der Waals surface area contributed by atoms with Crippen molar-refractivity contribution in [1.29, 1.82) is 0 Å². The maximum Gasteiger partial charge on any atom is 0.320 e. The minimum absolute atomic E-state index is 0.0264. The molecule has 1 atom stereocenters. The van der Waals surface area contributed by atoms with Crippen LogP contribution in [0.5, 0.6) is 0 Å². The highest BCUT2D eigenvalue weighted by molar-refractivity contribution is 7.09. The molecule has 1 aromatic rings. The van der Waals surface area contributed by atoms with Crippen molar-refractivity contribution in [3.05, 3.63) is 16.1 Å². The number of carboxylic acid groups (broad SMARTS) is 1. The van der Waals surface area contributed by atoms with Crippen molar-refractivity contribution in [3.63, 3.8) is 0 Å². The Labute approximate surface area is 146 Å². The monoisotopic (exact) mass is 351 g/mol. The number of carbonyl (C=O) groups is 2. The predicted octanol–water partition coefficient (Wildman–Crippen LogP) is 1.99. The molecule has 0 bridgehead atoms. The minimum atomic E-state index is -0.744. The fourth-order valence-electron chi connectivity index (χ4n) is 4.00. The fraction of sp³-hybridized carbons (Fsp3) is 0.706. The van der Waals surface area contributed by atoms with Crippen LogP contribution in [-0.4, -0.2) is 57.4 Å². The van der Waals surface area contributed by atoms with Crippen LogP contribution in [0.4, 0.5) is 0 Å². The van der Waals surface area contributed by atoms with Gasteiger partial charge in [0.25, 0.3) is 0 Å². The summed E-state index contributed by atoms with van der Waals surface area (Å²) in [5.74, 6) is -0.629. The number of carbonyl (C=O) groups excluding carboxylic acids is 1. The van der Waals surface area contributed by atoms with Crippen LogP contribution >= 0.6 is 11.3 Å². The number of amides is 1. The van der Waals surface area contributed by atoms with Crippen LogP contribution in [0, 0.1) is 5.41 Å². The number of aliphatic carboxylic acids is 1. The van der Waals surface area contributed by atoms with Crippen LogP contribution in [0.2, 0.25) is 0 Å². The molecule has 3 rings (SSSR count). The third-order valence-electron chi connectivity index (χ3n) is 5.43. The van der Waals surface area contributed by atoms with Gasteiger partial charge in [-0.15, -0.1) is 11.3 Å². The number of nitrogens with zero attached hydrogens (tertiary/aromatic N) is 3. The lowest BCUT2D eigenvalue weighted by atomic mass is 9.76. The molecule has 0 aliphatic carbocycles. The van der Waals surface area contributed by atoms with E-state index >= 15 is 0 Å².